The van der Waals surface area contributed by atoms with Crippen LogP contribution in [0.5, 0.6) is 0 Å². The number of ether oxygens (including phenoxy) is 1. The predicted octanol–water partition coefficient (Wildman–Crippen LogP) is 10.6. The zero-order valence-electron chi connectivity index (χ0n) is 29.6. The summed E-state index contributed by atoms with van der Waals surface area (Å²) in [5.41, 5.74) is 6.24. The predicted molar refractivity (Wildman–Crippen MR) is 175 cm³/mol. The van der Waals surface area contributed by atoms with Crippen LogP contribution < -0.4 is 0 Å². The van der Waals surface area contributed by atoms with Crippen molar-refractivity contribution < 1.29 is 45.4 Å². The first-order valence-corrected chi connectivity index (χ1v) is 15.5. The van der Waals surface area contributed by atoms with Crippen LogP contribution in [0.25, 0.3) is 0 Å². The molecule has 11 radical (unpaired) electrons. The zero-order chi connectivity index (χ0) is 30.9. The van der Waals surface area contributed by atoms with Crippen molar-refractivity contribution in [2.24, 2.45) is 5.41 Å². The smallest absolute Gasteiger partial charge is 0.0466 e. The Morgan fingerprint density at radius 3 is 0.976 bits per heavy atom. The van der Waals surface area contributed by atoms with Gasteiger partial charge in [0.15, 0.2) is 0 Å². The molecule has 41 heavy (non-hydrogen) atoms. The van der Waals surface area contributed by atoms with Crippen molar-refractivity contribution in [1.82, 2.24) is 0 Å². The van der Waals surface area contributed by atoms with E-state index in [4.69, 9.17) is 9.84 Å². The summed E-state index contributed by atoms with van der Waals surface area (Å²) < 4.78 is 4.94. The fraction of sp³-hybridized carbons (Fsp3) is 0.632. The molecular formula is C38H62LaO2. The summed E-state index contributed by atoms with van der Waals surface area (Å²) in [5.74, 6) is 14.7. The van der Waals surface area contributed by atoms with Crippen molar-refractivity contribution >= 4 is 0 Å². The first-order valence-electron chi connectivity index (χ1n) is 15.5. The number of rotatable bonds is 4. The van der Waals surface area contributed by atoms with E-state index in [-0.39, 0.29) is 41.0 Å². The fourth-order valence-electron chi connectivity index (χ4n) is 5.96. The third-order valence-corrected chi connectivity index (χ3v) is 10.9. The second-order valence-corrected chi connectivity index (χ2v) is 12.6. The molecular weight excluding hydrogens is 627 g/mol. The van der Waals surface area contributed by atoms with Gasteiger partial charge in [0, 0.05) is 60.8 Å². The number of hydrogen-bond acceptors (Lipinski definition) is 2. The minimum absolute atomic E-state index is 0. The van der Waals surface area contributed by atoms with Crippen molar-refractivity contribution in [3.05, 3.63) is 81.5 Å². The van der Waals surface area contributed by atoms with E-state index in [2.05, 4.69) is 104 Å². The van der Waals surface area contributed by atoms with Crippen molar-refractivity contribution in [2.75, 3.05) is 19.8 Å². The fourth-order valence-corrected chi connectivity index (χ4v) is 5.96. The molecule has 0 bridgehead atoms. The van der Waals surface area contributed by atoms with Crippen molar-refractivity contribution in [3.63, 3.8) is 0 Å². The Hall–Kier alpha value is 0.595. The molecule has 2 nitrogen and oxygen atoms in total. The average molecular weight is 690 g/mol. The SMILES string of the molecule is C1CCOC1.CC1=C(C)C(C)(CCCCO)C(C)=C1C.C[C]1[C](C)[C](C)[C](C)[C]1C.C[C]1[C](C)[C](C)[C](C)[C]1C.[La]. The van der Waals surface area contributed by atoms with Crippen LogP contribution in [-0.4, -0.2) is 24.9 Å². The van der Waals surface area contributed by atoms with Gasteiger partial charge in [-0.3, -0.25) is 0 Å². The van der Waals surface area contributed by atoms with E-state index in [1.54, 1.807) is 0 Å². The van der Waals surface area contributed by atoms with Gasteiger partial charge in [-0.05, 0) is 130 Å². The van der Waals surface area contributed by atoms with Crippen LogP contribution in [0.1, 0.15) is 136 Å². The Morgan fingerprint density at radius 1 is 0.512 bits per heavy atom. The quantitative estimate of drug-likeness (QED) is 0.298. The van der Waals surface area contributed by atoms with Gasteiger partial charge in [0.05, 0.1) is 0 Å². The van der Waals surface area contributed by atoms with E-state index in [1.807, 2.05) is 0 Å². The Kier molecular flexibility index (Phi) is 19.5. The molecule has 0 aromatic heterocycles. The topological polar surface area (TPSA) is 29.5 Å². The molecule has 1 aliphatic heterocycles. The molecule has 229 valence electrons. The zero-order valence-corrected chi connectivity index (χ0v) is 33.2. The Morgan fingerprint density at radius 2 is 0.780 bits per heavy atom. The summed E-state index contributed by atoms with van der Waals surface area (Å²) >= 11 is 0. The molecule has 3 aliphatic carbocycles. The molecule has 0 aromatic rings. The van der Waals surface area contributed by atoms with E-state index in [9.17, 15) is 0 Å². The standard InChI is InChI=1S/C14H24O.2C10H15.C4H8O.La/c1-10-11(2)13(4)14(5,12(10)3)8-6-7-9-15;2*1-6-7(2)9(4)10(5)8(6)3;1-2-4-5-3-1;/h15H,6-9H2,1-5H3;2*1-5H3;1-4H2;. The second-order valence-electron chi connectivity index (χ2n) is 12.6. The molecule has 1 saturated heterocycles. The minimum atomic E-state index is 0. The second kappa shape index (κ2) is 19.2. The summed E-state index contributed by atoms with van der Waals surface area (Å²) in [6, 6.07) is 0. The average Bonchev–Trinajstić information content (AvgIpc) is 3.66. The van der Waals surface area contributed by atoms with E-state index >= 15 is 0 Å². The first kappa shape index (κ1) is 41.6. The van der Waals surface area contributed by atoms with E-state index < -0.39 is 0 Å². The van der Waals surface area contributed by atoms with Crippen LogP contribution >= 0.6 is 0 Å². The summed E-state index contributed by atoms with van der Waals surface area (Å²) in [4.78, 5) is 0. The van der Waals surface area contributed by atoms with E-state index in [0.29, 0.717) is 6.61 Å². The van der Waals surface area contributed by atoms with Crippen LogP contribution in [0.2, 0.25) is 0 Å². The molecule has 2 saturated carbocycles. The molecule has 0 atom stereocenters. The van der Waals surface area contributed by atoms with Gasteiger partial charge in [0.1, 0.15) is 0 Å². The Balaban J connectivity index is 0.000000544. The Labute approximate surface area is 286 Å². The number of aliphatic hydroxyl groups excluding tert-OH is 1. The van der Waals surface area contributed by atoms with Gasteiger partial charge in [0.25, 0.3) is 0 Å². The summed E-state index contributed by atoms with van der Waals surface area (Å²) in [6.07, 6.45) is 5.76. The van der Waals surface area contributed by atoms with Gasteiger partial charge in [0.2, 0.25) is 0 Å². The summed E-state index contributed by atoms with van der Waals surface area (Å²) in [7, 11) is 0. The number of allylic oxidation sites excluding steroid dienone is 4. The van der Waals surface area contributed by atoms with Gasteiger partial charge in [-0.25, -0.2) is 0 Å². The van der Waals surface area contributed by atoms with Crippen LogP contribution in [0.15, 0.2) is 22.3 Å². The summed E-state index contributed by atoms with van der Waals surface area (Å²) in [6.45, 7) is 35.6. The third kappa shape index (κ3) is 10.6. The maximum atomic E-state index is 8.84. The number of unbranched alkanes of at least 4 members (excludes halogenated alkanes) is 1. The van der Waals surface area contributed by atoms with Gasteiger partial charge >= 0.3 is 0 Å². The molecule has 0 aromatic carbocycles. The van der Waals surface area contributed by atoms with Crippen molar-refractivity contribution in [1.29, 1.82) is 0 Å². The Bertz CT molecular complexity index is 658. The molecule has 0 amide bonds. The molecule has 3 heteroatoms. The van der Waals surface area contributed by atoms with Gasteiger partial charge in [-0.1, -0.05) is 87.3 Å². The van der Waals surface area contributed by atoms with Crippen LogP contribution in [0.4, 0.5) is 0 Å². The maximum Gasteiger partial charge on any atom is 0.0466 e. The van der Waals surface area contributed by atoms with Crippen molar-refractivity contribution in [2.45, 2.75) is 136 Å². The first-order chi connectivity index (χ1) is 18.6. The number of hydrogen-bond donors (Lipinski definition) is 1. The van der Waals surface area contributed by atoms with E-state index in [1.165, 1.54) is 101 Å². The van der Waals surface area contributed by atoms with Gasteiger partial charge in [-0.2, -0.15) is 0 Å². The third-order valence-electron chi connectivity index (χ3n) is 10.9. The van der Waals surface area contributed by atoms with E-state index in [0.717, 1.165) is 26.1 Å². The van der Waals surface area contributed by atoms with Crippen LogP contribution in [-0.2, 0) is 4.74 Å². The molecule has 0 spiro atoms. The molecule has 3 fully saturated rings. The maximum absolute atomic E-state index is 8.84. The summed E-state index contributed by atoms with van der Waals surface area (Å²) in [5, 5.41) is 8.84. The van der Waals surface area contributed by atoms with Crippen LogP contribution in [0.3, 0.4) is 0 Å². The largest absolute Gasteiger partial charge is 0.396 e. The van der Waals surface area contributed by atoms with Gasteiger partial charge in [-0.15, -0.1) is 0 Å². The van der Waals surface area contributed by atoms with Crippen LogP contribution in [0, 0.1) is 100 Å². The molecule has 1 heterocycles. The molecule has 4 aliphatic rings. The number of aliphatic hydroxyl groups is 1. The monoisotopic (exact) mass is 689 g/mol. The van der Waals surface area contributed by atoms with Gasteiger partial charge < -0.3 is 9.84 Å². The molecule has 0 unspecified atom stereocenters. The normalized spacial score (nSPS) is 24.3. The molecule has 4 rings (SSSR count). The minimum Gasteiger partial charge on any atom is -0.396 e. The van der Waals surface area contributed by atoms with Crippen molar-refractivity contribution in [3.8, 4) is 0 Å². The molecule has 1 N–H and O–H groups in total.